The number of hydrogen-bond donors (Lipinski definition) is 0. The van der Waals surface area contributed by atoms with Gasteiger partial charge in [-0.1, -0.05) is 17.7 Å². The molecule has 2 aromatic rings. The van der Waals surface area contributed by atoms with E-state index < -0.39 is 5.97 Å². The zero-order valence-electron chi connectivity index (χ0n) is 11.2. The average Bonchev–Trinajstić information content (AvgIpc) is 2.89. The maximum atomic E-state index is 11.5. The number of nitrogens with zero attached hydrogens (tertiary/aromatic N) is 2. The number of oxazole rings is 1. The molecule has 0 bridgehead atoms. The second-order valence-electron chi connectivity index (χ2n) is 4.13. The van der Waals surface area contributed by atoms with Gasteiger partial charge < -0.3 is 9.15 Å². The molecule has 19 heavy (non-hydrogen) atoms. The van der Waals surface area contributed by atoms with Gasteiger partial charge in [0.05, 0.1) is 6.61 Å². The molecule has 0 aliphatic rings. The standard InChI is InChI=1S/C14H16N2O3/c1-4-18-13(17)12-9-19-14(15-12)16(3)11-7-5-10(2)6-8-11/h5-9H,4H2,1-3H3. The number of carbonyl (C=O) groups is 1. The van der Waals surface area contributed by atoms with Crippen LogP contribution < -0.4 is 4.90 Å². The van der Waals surface area contributed by atoms with E-state index in [1.165, 1.54) is 11.8 Å². The minimum atomic E-state index is -0.477. The second kappa shape index (κ2) is 5.56. The van der Waals surface area contributed by atoms with Crippen molar-refractivity contribution in [3.63, 3.8) is 0 Å². The van der Waals surface area contributed by atoms with Gasteiger partial charge in [0.15, 0.2) is 5.69 Å². The molecule has 0 saturated carbocycles. The summed E-state index contributed by atoms with van der Waals surface area (Å²) in [7, 11) is 1.82. The summed E-state index contributed by atoms with van der Waals surface area (Å²) in [6.45, 7) is 4.08. The van der Waals surface area contributed by atoms with Crippen molar-refractivity contribution < 1.29 is 13.9 Å². The van der Waals surface area contributed by atoms with Crippen molar-refractivity contribution in [2.45, 2.75) is 13.8 Å². The van der Waals surface area contributed by atoms with Gasteiger partial charge in [0.1, 0.15) is 6.26 Å². The maximum Gasteiger partial charge on any atom is 0.360 e. The van der Waals surface area contributed by atoms with Gasteiger partial charge in [-0.25, -0.2) is 4.79 Å². The van der Waals surface area contributed by atoms with Crippen molar-refractivity contribution in [2.75, 3.05) is 18.6 Å². The van der Waals surface area contributed by atoms with Gasteiger partial charge in [0.25, 0.3) is 0 Å². The molecule has 0 radical (unpaired) electrons. The minimum Gasteiger partial charge on any atom is -0.461 e. The molecule has 5 heteroatoms. The van der Waals surface area contributed by atoms with Crippen molar-refractivity contribution in [1.29, 1.82) is 0 Å². The number of benzene rings is 1. The molecule has 0 saturated heterocycles. The molecule has 0 fully saturated rings. The van der Waals surface area contributed by atoms with Crippen LogP contribution in [-0.4, -0.2) is 24.6 Å². The number of esters is 1. The SMILES string of the molecule is CCOC(=O)c1coc(N(C)c2ccc(C)cc2)n1. The lowest BCUT2D eigenvalue weighted by Crippen LogP contribution is -2.11. The molecule has 0 atom stereocenters. The monoisotopic (exact) mass is 260 g/mol. The van der Waals surface area contributed by atoms with E-state index >= 15 is 0 Å². The second-order valence-corrected chi connectivity index (χ2v) is 4.13. The van der Waals surface area contributed by atoms with Gasteiger partial charge in [0.2, 0.25) is 0 Å². The summed E-state index contributed by atoms with van der Waals surface area (Å²) in [5.41, 5.74) is 2.29. The highest BCUT2D eigenvalue weighted by Gasteiger charge is 2.16. The molecule has 1 aromatic carbocycles. The number of aryl methyl sites for hydroxylation is 1. The van der Waals surface area contributed by atoms with Crippen LogP contribution in [0.2, 0.25) is 0 Å². The van der Waals surface area contributed by atoms with E-state index in [0.29, 0.717) is 12.6 Å². The Labute approximate surface area is 111 Å². The van der Waals surface area contributed by atoms with Crippen LogP contribution in [0.3, 0.4) is 0 Å². The number of carbonyl (C=O) groups excluding carboxylic acids is 1. The Balaban J connectivity index is 2.18. The third-order valence-electron chi connectivity index (χ3n) is 2.68. The minimum absolute atomic E-state index is 0.177. The van der Waals surface area contributed by atoms with E-state index in [-0.39, 0.29) is 5.69 Å². The highest BCUT2D eigenvalue weighted by molar-refractivity contribution is 5.87. The molecule has 0 aliphatic carbocycles. The Morgan fingerprint density at radius 3 is 2.68 bits per heavy atom. The Bertz CT molecular complexity index is 560. The lowest BCUT2D eigenvalue weighted by Gasteiger charge is -2.14. The average molecular weight is 260 g/mol. The number of rotatable bonds is 4. The maximum absolute atomic E-state index is 11.5. The fraction of sp³-hybridized carbons (Fsp3) is 0.286. The number of ether oxygens (including phenoxy) is 1. The molecular formula is C14H16N2O3. The molecule has 0 aliphatic heterocycles. The van der Waals surface area contributed by atoms with Crippen LogP contribution in [0.1, 0.15) is 23.0 Å². The highest BCUT2D eigenvalue weighted by atomic mass is 16.5. The first kappa shape index (κ1) is 13.1. The highest BCUT2D eigenvalue weighted by Crippen LogP contribution is 2.23. The quantitative estimate of drug-likeness (QED) is 0.791. The number of hydrogen-bond acceptors (Lipinski definition) is 5. The fourth-order valence-electron chi connectivity index (χ4n) is 1.60. The van der Waals surface area contributed by atoms with Gasteiger partial charge in [-0.2, -0.15) is 4.98 Å². The molecule has 2 rings (SSSR count). The van der Waals surface area contributed by atoms with E-state index in [1.807, 2.05) is 38.2 Å². The van der Waals surface area contributed by atoms with Crippen LogP contribution in [0.25, 0.3) is 0 Å². The summed E-state index contributed by atoms with van der Waals surface area (Å²) in [6.07, 6.45) is 1.30. The third kappa shape index (κ3) is 2.93. The van der Waals surface area contributed by atoms with E-state index in [1.54, 1.807) is 11.8 Å². The van der Waals surface area contributed by atoms with Crippen LogP contribution in [0, 0.1) is 6.92 Å². The smallest absolute Gasteiger partial charge is 0.360 e. The van der Waals surface area contributed by atoms with Crippen LogP contribution in [-0.2, 0) is 4.74 Å². The Morgan fingerprint density at radius 1 is 1.37 bits per heavy atom. The summed E-state index contributed by atoms with van der Waals surface area (Å²) >= 11 is 0. The van der Waals surface area contributed by atoms with Crippen LogP contribution in [0.15, 0.2) is 34.9 Å². The van der Waals surface area contributed by atoms with Crippen LogP contribution in [0.4, 0.5) is 11.7 Å². The van der Waals surface area contributed by atoms with Crippen LogP contribution >= 0.6 is 0 Å². The van der Waals surface area contributed by atoms with Gasteiger partial charge in [-0.3, -0.25) is 4.90 Å². The first-order chi connectivity index (χ1) is 9.11. The Hall–Kier alpha value is -2.30. The summed E-state index contributed by atoms with van der Waals surface area (Å²) in [6, 6.07) is 8.28. The summed E-state index contributed by atoms with van der Waals surface area (Å²) < 4.78 is 10.2. The lowest BCUT2D eigenvalue weighted by molar-refractivity contribution is 0.0519. The van der Waals surface area contributed by atoms with E-state index in [9.17, 15) is 4.79 Å². The van der Waals surface area contributed by atoms with Gasteiger partial charge in [0, 0.05) is 12.7 Å². The van der Waals surface area contributed by atoms with Gasteiger partial charge in [-0.15, -0.1) is 0 Å². The molecule has 0 unspecified atom stereocenters. The normalized spacial score (nSPS) is 10.3. The molecule has 1 heterocycles. The van der Waals surface area contributed by atoms with Crippen molar-refractivity contribution in [3.05, 3.63) is 41.8 Å². The molecule has 0 N–H and O–H groups in total. The van der Waals surface area contributed by atoms with Gasteiger partial charge in [-0.05, 0) is 26.0 Å². The predicted molar refractivity (Wildman–Crippen MR) is 71.7 cm³/mol. The largest absolute Gasteiger partial charge is 0.461 e. The van der Waals surface area contributed by atoms with E-state index in [4.69, 9.17) is 9.15 Å². The van der Waals surface area contributed by atoms with Crippen LogP contribution in [0.5, 0.6) is 0 Å². The lowest BCUT2D eigenvalue weighted by atomic mass is 10.2. The zero-order chi connectivity index (χ0) is 13.8. The number of aromatic nitrogens is 1. The van der Waals surface area contributed by atoms with E-state index in [2.05, 4.69) is 4.98 Å². The molecular weight excluding hydrogens is 244 g/mol. The number of anilines is 2. The van der Waals surface area contributed by atoms with Gasteiger partial charge >= 0.3 is 12.0 Å². The fourth-order valence-corrected chi connectivity index (χ4v) is 1.60. The Morgan fingerprint density at radius 2 is 2.05 bits per heavy atom. The van der Waals surface area contributed by atoms with Crippen molar-refractivity contribution >= 4 is 17.7 Å². The molecule has 0 spiro atoms. The van der Waals surface area contributed by atoms with Crippen molar-refractivity contribution in [1.82, 2.24) is 4.98 Å². The molecule has 100 valence electrons. The summed E-state index contributed by atoms with van der Waals surface area (Å²) in [5.74, 6) is -0.477. The first-order valence-corrected chi connectivity index (χ1v) is 6.05. The summed E-state index contributed by atoms with van der Waals surface area (Å²) in [4.78, 5) is 17.4. The predicted octanol–water partition coefficient (Wildman–Crippen LogP) is 2.93. The van der Waals surface area contributed by atoms with Crippen molar-refractivity contribution in [3.8, 4) is 0 Å². The third-order valence-corrected chi connectivity index (χ3v) is 2.68. The molecule has 0 amide bonds. The molecule has 5 nitrogen and oxygen atoms in total. The first-order valence-electron chi connectivity index (χ1n) is 6.05. The Kier molecular flexibility index (Phi) is 3.85. The van der Waals surface area contributed by atoms with Crippen molar-refractivity contribution in [2.24, 2.45) is 0 Å². The van der Waals surface area contributed by atoms with E-state index in [0.717, 1.165) is 5.69 Å². The molecule has 1 aromatic heterocycles. The topological polar surface area (TPSA) is 55.6 Å². The zero-order valence-corrected chi connectivity index (χ0v) is 11.2. The summed E-state index contributed by atoms with van der Waals surface area (Å²) in [5, 5.41) is 0.